The van der Waals surface area contributed by atoms with E-state index in [-0.39, 0.29) is 12.0 Å². The van der Waals surface area contributed by atoms with Gasteiger partial charge >= 0.3 is 0 Å². The summed E-state index contributed by atoms with van der Waals surface area (Å²) in [4.78, 5) is 5.50. The van der Waals surface area contributed by atoms with Crippen molar-refractivity contribution < 1.29 is 9.50 Å². The van der Waals surface area contributed by atoms with Gasteiger partial charge in [0.05, 0.1) is 30.4 Å². The maximum Gasteiger partial charge on any atom is 0.109 e. The lowest BCUT2D eigenvalue weighted by atomic mass is 9.70. The topological polar surface area (TPSA) is 38.1 Å². The SMILES string of the molecule is CC1(F)CC([C@H](O)C[C@@H]2c3sccc3-c3cncn32)C1. The van der Waals surface area contributed by atoms with E-state index in [0.29, 0.717) is 19.3 Å². The zero-order valence-electron chi connectivity index (χ0n) is 11.3. The summed E-state index contributed by atoms with van der Waals surface area (Å²) in [6.45, 7) is 1.62. The fourth-order valence-electron chi connectivity index (χ4n) is 3.63. The Hall–Kier alpha value is -1.20. The molecule has 3 heterocycles. The Morgan fingerprint density at radius 2 is 2.40 bits per heavy atom. The van der Waals surface area contributed by atoms with E-state index in [1.54, 1.807) is 18.3 Å². The van der Waals surface area contributed by atoms with Gasteiger partial charge in [0, 0.05) is 10.4 Å². The van der Waals surface area contributed by atoms with E-state index < -0.39 is 11.8 Å². The number of aliphatic hydroxyl groups excluding tert-OH is 1. The number of rotatable bonds is 3. The van der Waals surface area contributed by atoms with Crippen molar-refractivity contribution in [3.05, 3.63) is 28.8 Å². The van der Waals surface area contributed by atoms with Gasteiger partial charge in [0.1, 0.15) is 5.67 Å². The number of alkyl halides is 1. The Morgan fingerprint density at radius 3 is 3.15 bits per heavy atom. The van der Waals surface area contributed by atoms with Crippen LogP contribution in [-0.2, 0) is 0 Å². The molecule has 1 N–H and O–H groups in total. The molecule has 2 aliphatic rings. The van der Waals surface area contributed by atoms with Crippen LogP contribution in [0.5, 0.6) is 0 Å². The van der Waals surface area contributed by atoms with Gasteiger partial charge in [-0.2, -0.15) is 0 Å². The largest absolute Gasteiger partial charge is 0.393 e. The highest BCUT2D eigenvalue weighted by Gasteiger charge is 2.45. The molecular weight excluding hydrogens is 275 g/mol. The first-order valence-corrected chi connectivity index (χ1v) is 7.90. The number of aromatic nitrogens is 2. The molecule has 0 bridgehead atoms. The van der Waals surface area contributed by atoms with Gasteiger partial charge in [0.25, 0.3) is 0 Å². The lowest BCUT2D eigenvalue weighted by Crippen LogP contribution is -2.43. The van der Waals surface area contributed by atoms with Gasteiger partial charge in [0.15, 0.2) is 0 Å². The van der Waals surface area contributed by atoms with Crippen molar-refractivity contribution in [1.29, 1.82) is 0 Å². The van der Waals surface area contributed by atoms with Crippen molar-refractivity contribution in [3.63, 3.8) is 0 Å². The molecule has 106 valence electrons. The molecule has 0 saturated heterocycles. The van der Waals surface area contributed by atoms with Crippen LogP contribution in [0, 0.1) is 5.92 Å². The highest BCUT2D eigenvalue weighted by molar-refractivity contribution is 7.10. The van der Waals surface area contributed by atoms with Crippen molar-refractivity contribution in [2.75, 3.05) is 0 Å². The maximum atomic E-state index is 13.6. The van der Waals surface area contributed by atoms with Crippen molar-refractivity contribution in [2.24, 2.45) is 5.92 Å². The third-order valence-corrected chi connectivity index (χ3v) is 5.68. The number of fused-ring (bicyclic) bond motifs is 3. The lowest BCUT2D eigenvalue weighted by molar-refractivity contribution is -0.0499. The van der Waals surface area contributed by atoms with Crippen molar-refractivity contribution in [1.82, 2.24) is 9.55 Å². The monoisotopic (exact) mass is 292 g/mol. The zero-order valence-corrected chi connectivity index (χ0v) is 12.1. The molecule has 2 atom stereocenters. The van der Waals surface area contributed by atoms with Crippen LogP contribution in [0.4, 0.5) is 4.39 Å². The second kappa shape index (κ2) is 4.15. The number of nitrogens with zero attached hydrogens (tertiary/aromatic N) is 2. The smallest absolute Gasteiger partial charge is 0.109 e. The third-order valence-electron chi connectivity index (χ3n) is 4.66. The van der Waals surface area contributed by atoms with Crippen molar-refractivity contribution in [3.8, 4) is 11.3 Å². The minimum Gasteiger partial charge on any atom is -0.393 e. The predicted molar refractivity (Wildman–Crippen MR) is 76.5 cm³/mol. The number of hydrogen-bond acceptors (Lipinski definition) is 3. The molecule has 2 aromatic heterocycles. The second-order valence-corrected chi connectivity index (χ2v) is 7.23. The number of imidazole rings is 1. The van der Waals surface area contributed by atoms with Crippen LogP contribution in [0.25, 0.3) is 11.3 Å². The van der Waals surface area contributed by atoms with Crippen LogP contribution in [0.3, 0.4) is 0 Å². The van der Waals surface area contributed by atoms with Crippen molar-refractivity contribution >= 4 is 11.3 Å². The molecule has 1 aliphatic carbocycles. The predicted octanol–water partition coefficient (Wildman–Crippen LogP) is 3.40. The number of halogens is 1. The molecule has 0 unspecified atom stereocenters. The number of thiophene rings is 1. The lowest BCUT2D eigenvalue weighted by Gasteiger charge is -2.41. The molecule has 4 rings (SSSR count). The first-order valence-electron chi connectivity index (χ1n) is 7.02. The highest BCUT2D eigenvalue weighted by atomic mass is 32.1. The van der Waals surface area contributed by atoms with E-state index in [0.717, 1.165) is 5.69 Å². The summed E-state index contributed by atoms with van der Waals surface area (Å²) < 4.78 is 15.7. The van der Waals surface area contributed by atoms with E-state index in [1.165, 1.54) is 10.4 Å². The summed E-state index contributed by atoms with van der Waals surface area (Å²) in [6.07, 6.45) is 4.88. The molecule has 0 aromatic carbocycles. The molecule has 0 amide bonds. The number of hydrogen-bond donors (Lipinski definition) is 1. The van der Waals surface area contributed by atoms with Crippen LogP contribution >= 0.6 is 11.3 Å². The Morgan fingerprint density at radius 1 is 1.60 bits per heavy atom. The van der Waals surface area contributed by atoms with Gasteiger partial charge in [-0.25, -0.2) is 9.37 Å². The van der Waals surface area contributed by atoms with Gasteiger partial charge in [0.2, 0.25) is 0 Å². The summed E-state index contributed by atoms with van der Waals surface area (Å²) in [5.41, 5.74) is 1.28. The van der Waals surface area contributed by atoms with E-state index in [4.69, 9.17) is 0 Å². The average molecular weight is 292 g/mol. The third kappa shape index (κ3) is 1.76. The standard InChI is InChI=1S/C15H17FN2OS/c1-15(16)5-9(6-15)13(19)4-11-14-10(2-3-20-14)12-7-17-8-18(11)12/h2-3,7-9,11,13,19H,4-6H2,1H3/t9?,11-,13-,15?/m1/s1. The highest BCUT2D eigenvalue weighted by Crippen LogP contribution is 2.48. The van der Waals surface area contributed by atoms with Gasteiger partial charge in [-0.15, -0.1) is 11.3 Å². The van der Waals surface area contributed by atoms with E-state index >= 15 is 0 Å². The van der Waals surface area contributed by atoms with Crippen LogP contribution in [0.1, 0.15) is 37.1 Å². The Balaban J connectivity index is 1.56. The van der Waals surface area contributed by atoms with Crippen LogP contribution < -0.4 is 0 Å². The number of aliphatic hydroxyl groups is 1. The quantitative estimate of drug-likeness (QED) is 0.941. The maximum absolute atomic E-state index is 13.6. The average Bonchev–Trinajstić information content (AvgIpc) is 3.02. The molecular formula is C15H17FN2OS. The fourth-order valence-corrected chi connectivity index (χ4v) is 4.64. The second-order valence-electron chi connectivity index (χ2n) is 6.29. The molecule has 0 spiro atoms. The summed E-state index contributed by atoms with van der Waals surface area (Å²) >= 11 is 1.73. The molecule has 20 heavy (non-hydrogen) atoms. The first kappa shape index (κ1) is 12.5. The van der Waals surface area contributed by atoms with E-state index in [9.17, 15) is 9.50 Å². The Kier molecular flexibility index (Phi) is 2.60. The van der Waals surface area contributed by atoms with Crippen molar-refractivity contribution in [2.45, 2.75) is 44.0 Å². The zero-order chi connectivity index (χ0) is 13.9. The summed E-state index contributed by atoms with van der Waals surface area (Å²) in [5, 5.41) is 12.5. The Bertz CT molecular complexity index is 600. The summed E-state index contributed by atoms with van der Waals surface area (Å²) in [6, 6.07) is 2.27. The minimum atomic E-state index is -1.07. The molecule has 5 heteroatoms. The fraction of sp³-hybridized carbons (Fsp3) is 0.533. The van der Waals surface area contributed by atoms with E-state index in [1.807, 2.05) is 12.5 Å². The normalized spacial score (nSPS) is 32.5. The van der Waals surface area contributed by atoms with Gasteiger partial charge in [-0.3, -0.25) is 0 Å². The van der Waals surface area contributed by atoms with Crippen LogP contribution in [0.2, 0.25) is 0 Å². The van der Waals surface area contributed by atoms with Gasteiger partial charge in [-0.1, -0.05) is 0 Å². The summed E-state index contributed by atoms with van der Waals surface area (Å²) in [7, 11) is 0. The van der Waals surface area contributed by atoms with Gasteiger partial charge in [-0.05, 0) is 43.6 Å². The molecule has 3 nitrogen and oxygen atoms in total. The van der Waals surface area contributed by atoms with Crippen LogP contribution in [0.15, 0.2) is 24.0 Å². The molecule has 1 fully saturated rings. The molecule has 1 saturated carbocycles. The molecule has 1 aliphatic heterocycles. The van der Waals surface area contributed by atoms with E-state index in [2.05, 4.69) is 21.0 Å². The van der Waals surface area contributed by atoms with Crippen LogP contribution in [-0.4, -0.2) is 26.4 Å². The summed E-state index contributed by atoms with van der Waals surface area (Å²) in [5.74, 6) is 0.0981. The Labute approximate surface area is 121 Å². The minimum absolute atomic E-state index is 0.0981. The molecule has 2 aromatic rings. The first-order chi connectivity index (χ1) is 9.55. The van der Waals surface area contributed by atoms with Gasteiger partial charge < -0.3 is 9.67 Å². The molecule has 0 radical (unpaired) electrons.